The van der Waals surface area contributed by atoms with Crippen LogP contribution in [0, 0.1) is 11.7 Å². The van der Waals surface area contributed by atoms with E-state index in [2.05, 4.69) is 10.1 Å². The van der Waals surface area contributed by atoms with Gasteiger partial charge >= 0.3 is 6.18 Å². The molecule has 0 N–H and O–H groups in total. The van der Waals surface area contributed by atoms with Gasteiger partial charge in [-0.1, -0.05) is 6.07 Å². The lowest BCUT2D eigenvalue weighted by molar-refractivity contribution is -0.140. The molecule has 0 saturated heterocycles. The van der Waals surface area contributed by atoms with Gasteiger partial charge in [0.25, 0.3) is 0 Å². The molecule has 2 heterocycles. The van der Waals surface area contributed by atoms with Crippen molar-refractivity contribution in [3.05, 3.63) is 48.0 Å². The fourth-order valence-electron chi connectivity index (χ4n) is 2.84. The summed E-state index contributed by atoms with van der Waals surface area (Å²) in [6, 6.07) is 4.43. The summed E-state index contributed by atoms with van der Waals surface area (Å²) in [5, 5.41) is 4.14. The molecule has 0 aliphatic heterocycles. The van der Waals surface area contributed by atoms with E-state index in [9.17, 15) is 22.4 Å². The van der Waals surface area contributed by atoms with Crippen LogP contribution in [0.1, 0.15) is 18.4 Å². The number of carbonyl (C=O) groups excluding carboxylic acids is 1. The second kappa shape index (κ2) is 5.89. The monoisotopic (exact) mass is 363 g/mol. The maximum Gasteiger partial charge on any atom is 0.419 e. The zero-order valence-corrected chi connectivity index (χ0v) is 13.4. The molecule has 0 spiro atoms. The Kier molecular flexibility index (Phi) is 3.78. The lowest BCUT2D eigenvalue weighted by atomic mass is 10.0. The largest absolute Gasteiger partial charge is 0.419 e. The molecule has 0 radical (unpaired) electrons. The Bertz CT molecular complexity index is 1010. The van der Waals surface area contributed by atoms with Gasteiger partial charge in [0.05, 0.1) is 17.3 Å². The number of rotatable bonds is 4. The highest BCUT2D eigenvalue weighted by atomic mass is 19.4. The van der Waals surface area contributed by atoms with Gasteiger partial charge in [-0.2, -0.15) is 18.3 Å². The van der Waals surface area contributed by atoms with Crippen LogP contribution in [0.25, 0.3) is 22.2 Å². The molecule has 2 aromatic heterocycles. The van der Waals surface area contributed by atoms with Crippen LogP contribution in [0.2, 0.25) is 0 Å². The molecule has 26 heavy (non-hydrogen) atoms. The Labute approximate surface area is 145 Å². The first-order chi connectivity index (χ1) is 12.3. The second-order valence-corrected chi connectivity index (χ2v) is 6.36. The summed E-state index contributed by atoms with van der Waals surface area (Å²) in [6.45, 7) is 0.108. The molecule has 0 atom stereocenters. The van der Waals surface area contributed by atoms with Gasteiger partial charge in [-0.3, -0.25) is 14.5 Å². The fourth-order valence-corrected chi connectivity index (χ4v) is 2.84. The Morgan fingerprint density at radius 2 is 1.92 bits per heavy atom. The highest BCUT2D eigenvalue weighted by molar-refractivity contribution is 5.86. The summed E-state index contributed by atoms with van der Waals surface area (Å²) in [5.74, 6) is -1.16. The van der Waals surface area contributed by atoms with Crippen LogP contribution in [-0.4, -0.2) is 20.5 Å². The topological polar surface area (TPSA) is 47.8 Å². The van der Waals surface area contributed by atoms with Crippen LogP contribution in [-0.2, 0) is 17.5 Å². The van der Waals surface area contributed by atoms with Crippen LogP contribution in [0.5, 0.6) is 0 Å². The summed E-state index contributed by atoms with van der Waals surface area (Å²) in [6.07, 6.45) is -0.0969. The molecule has 0 unspecified atom stereocenters. The fraction of sp³-hybridized carbons (Fsp3) is 0.278. The first kappa shape index (κ1) is 16.7. The van der Waals surface area contributed by atoms with E-state index in [1.807, 2.05) is 0 Å². The van der Waals surface area contributed by atoms with E-state index in [0.29, 0.717) is 16.6 Å². The van der Waals surface area contributed by atoms with Crippen LogP contribution in [0.15, 0.2) is 36.7 Å². The number of hydrogen-bond acceptors (Lipinski definition) is 3. The average Bonchev–Trinajstić information content (AvgIpc) is 3.37. The Morgan fingerprint density at radius 3 is 2.62 bits per heavy atom. The van der Waals surface area contributed by atoms with E-state index in [0.717, 1.165) is 25.0 Å². The molecular formula is C18H13F4N3O. The number of halogens is 4. The van der Waals surface area contributed by atoms with E-state index in [1.54, 1.807) is 6.07 Å². The van der Waals surface area contributed by atoms with Crippen LogP contribution in [0.3, 0.4) is 0 Å². The van der Waals surface area contributed by atoms with Crippen molar-refractivity contribution in [2.24, 2.45) is 5.92 Å². The van der Waals surface area contributed by atoms with Gasteiger partial charge in [-0.05, 0) is 36.6 Å². The Balaban J connectivity index is 1.74. The molecule has 1 aromatic carbocycles. The van der Waals surface area contributed by atoms with Crippen molar-refractivity contribution in [1.82, 2.24) is 14.8 Å². The normalized spacial score (nSPS) is 14.8. The third-order valence-electron chi connectivity index (χ3n) is 4.44. The Hall–Kier alpha value is -2.77. The van der Waals surface area contributed by atoms with Gasteiger partial charge in [0.2, 0.25) is 0 Å². The molecule has 3 aromatic rings. The van der Waals surface area contributed by atoms with E-state index in [4.69, 9.17) is 0 Å². The molecule has 4 rings (SSSR count). The molecule has 0 amide bonds. The lowest BCUT2D eigenvalue weighted by Gasteiger charge is -2.10. The number of alkyl halides is 3. The predicted molar refractivity (Wildman–Crippen MR) is 85.7 cm³/mol. The summed E-state index contributed by atoms with van der Waals surface area (Å²) >= 11 is 0. The number of ketones is 1. The van der Waals surface area contributed by atoms with Gasteiger partial charge in [0.1, 0.15) is 17.9 Å². The van der Waals surface area contributed by atoms with Gasteiger partial charge < -0.3 is 0 Å². The quantitative estimate of drug-likeness (QED) is 0.652. The van der Waals surface area contributed by atoms with Gasteiger partial charge in [-0.15, -0.1) is 0 Å². The van der Waals surface area contributed by atoms with Crippen molar-refractivity contribution >= 4 is 16.8 Å². The molecule has 0 bridgehead atoms. The van der Waals surface area contributed by atoms with E-state index in [-0.39, 0.29) is 23.8 Å². The number of aromatic nitrogens is 3. The molecule has 4 nitrogen and oxygen atoms in total. The minimum atomic E-state index is -4.78. The molecular weight excluding hydrogens is 350 g/mol. The summed E-state index contributed by atoms with van der Waals surface area (Å²) in [4.78, 5) is 16.2. The first-order valence-corrected chi connectivity index (χ1v) is 8.04. The number of benzene rings is 1. The smallest absolute Gasteiger partial charge is 0.297 e. The van der Waals surface area contributed by atoms with Gasteiger partial charge in [0.15, 0.2) is 5.78 Å². The van der Waals surface area contributed by atoms with Crippen molar-refractivity contribution in [2.45, 2.75) is 25.6 Å². The summed E-state index contributed by atoms with van der Waals surface area (Å²) in [5.41, 5.74) is 0.343. The van der Waals surface area contributed by atoms with E-state index in [1.165, 1.54) is 23.1 Å². The summed E-state index contributed by atoms with van der Waals surface area (Å²) in [7, 11) is 0. The lowest BCUT2D eigenvalue weighted by Crippen LogP contribution is -2.12. The number of hydrogen-bond donors (Lipinski definition) is 0. The third kappa shape index (κ3) is 3.07. The standard InChI is InChI=1S/C18H13F4N3O/c19-14-4-3-11(5-13(14)18(20,21)22)12-6-16-15(23-7-12)8-24-25(16)9-17(26)10-1-2-10/h3-8,10H,1-2,9H2. The van der Waals surface area contributed by atoms with Crippen molar-refractivity contribution in [1.29, 1.82) is 0 Å². The second-order valence-electron chi connectivity index (χ2n) is 6.36. The number of Topliss-reactive ketones (excluding diaryl/α,β-unsaturated/α-hetero) is 1. The summed E-state index contributed by atoms with van der Waals surface area (Å²) < 4.78 is 53.8. The van der Waals surface area contributed by atoms with Crippen LogP contribution in [0.4, 0.5) is 17.6 Å². The maximum absolute atomic E-state index is 13.5. The molecule has 1 saturated carbocycles. The maximum atomic E-state index is 13.5. The van der Waals surface area contributed by atoms with Crippen molar-refractivity contribution in [3.8, 4) is 11.1 Å². The van der Waals surface area contributed by atoms with Crippen molar-refractivity contribution < 1.29 is 22.4 Å². The molecule has 134 valence electrons. The SMILES string of the molecule is O=C(Cn1ncc2ncc(-c3ccc(F)c(C(F)(F)F)c3)cc21)C1CC1. The highest BCUT2D eigenvalue weighted by Gasteiger charge is 2.34. The molecule has 8 heteroatoms. The number of fused-ring (bicyclic) bond motifs is 1. The minimum Gasteiger partial charge on any atom is -0.297 e. The first-order valence-electron chi connectivity index (χ1n) is 8.04. The third-order valence-corrected chi connectivity index (χ3v) is 4.44. The van der Waals surface area contributed by atoms with Gasteiger partial charge in [0, 0.05) is 17.7 Å². The number of pyridine rings is 1. The predicted octanol–water partition coefficient (Wildman–Crippen LogP) is 4.24. The van der Waals surface area contributed by atoms with Crippen molar-refractivity contribution in [3.63, 3.8) is 0 Å². The van der Waals surface area contributed by atoms with Gasteiger partial charge in [-0.25, -0.2) is 4.39 Å². The number of carbonyl (C=O) groups is 1. The highest BCUT2D eigenvalue weighted by Crippen LogP contribution is 2.35. The molecule has 1 fully saturated rings. The zero-order chi connectivity index (χ0) is 18.5. The van der Waals surface area contributed by atoms with Crippen molar-refractivity contribution in [2.75, 3.05) is 0 Å². The zero-order valence-electron chi connectivity index (χ0n) is 13.4. The molecule has 1 aliphatic carbocycles. The Morgan fingerprint density at radius 1 is 1.15 bits per heavy atom. The van der Waals surface area contributed by atoms with Crippen LogP contribution >= 0.6 is 0 Å². The molecule has 1 aliphatic rings. The minimum absolute atomic E-state index is 0.0804. The average molecular weight is 363 g/mol. The van der Waals surface area contributed by atoms with Crippen LogP contribution < -0.4 is 0 Å². The van der Waals surface area contributed by atoms with E-state index < -0.39 is 17.6 Å². The number of nitrogens with zero attached hydrogens (tertiary/aromatic N) is 3. The van der Waals surface area contributed by atoms with E-state index >= 15 is 0 Å².